The zero-order valence-electron chi connectivity index (χ0n) is 48.0. The monoisotopic (exact) mass is 1110 g/mol. The van der Waals surface area contributed by atoms with Crippen molar-refractivity contribution >= 4 is 22.3 Å². The summed E-state index contributed by atoms with van der Waals surface area (Å²) >= 11 is 0. The van der Waals surface area contributed by atoms with Crippen LogP contribution in [0, 0.1) is 23.7 Å². The van der Waals surface area contributed by atoms with Gasteiger partial charge in [-0.25, -0.2) is 4.18 Å². The molecule has 0 spiro atoms. The molecule has 0 aromatic carbocycles. The van der Waals surface area contributed by atoms with Gasteiger partial charge >= 0.3 is 22.3 Å². The van der Waals surface area contributed by atoms with Gasteiger partial charge in [0.2, 0.25) is 6.29 Å². The van der Waals surface area contributed by atoms with E-state index in [1.165, 1.54) is 128 Å². The second-order valence-corrected chi connectivity index (χ2v) is 24.0. The number of unbranched alkanes of at least 4 members (excludes halogenated alkanes) is 26. The molecule has 15 atom stereocenters. The van der Waals surface area contributed by atoms with Gasteiger partial charge in [-0.1, -0.05) is 215 Å². The van der Waals surface area contributed by atoms with Crippen molar-refractivity contribution in [3.63, 3.8) is 0 Å². The second-order valence-electron chi connectivity index (χ2n) is 23.0. The minimum Gasteiger partial charge on any atom is -0.455 e. The first-order valence-corrected chi connectivity index (χ1v) is 31.7. The van der Waals surface area contributed by atoms with E-state index >= 15 is 0 Å². The third-order valence-corrected chi connectivity index (χ3v) is 16.1. The standard InChI is InChI=1S/C58H110O17S/c1-7-9-11-13-15-17-19-21-22-24-25-27-29-31-33-35-46(61)44(5)38-42(3)37-43(4)39-45(6)56(66)73-53-51(64)48(41-60)71-58(74-57-54(75-76(67,68)69)52(65)50(63)47(40-59)70-57)55(53)72-49(62)36-34-32-30-28-26-23-20-18-16-14-12-10-8-2/h42-48,50-55,57-61,63-65H,7-41H2,1-6H3,(H,67,68,69). The molecule has 0 aromatic heterocycles. The van der Waals surface area contributed by atoms with E-state index < -0.39 is 103 Å². The Morgan fingerprint density at radius 3 is 1.37 bits per heavy atom. The molecule has 0 aromatic rings. The topological polar surface area (TPSA) is 265 Å². The number of carbonyl (C=O) groups excluding carboxylic acids is 2. The lowest BCUT2D eigenvalue weighted by atomic mass is 9.83. The molecular formula is C58H110O17S. The van der Waals surface area contributed by atoms with Crippen molar-refractivity contribution < 1.29 is 81.1 Å². The summed E-state index contributed by atoms with van der Waals surface area (Å²) in [6, 6.07) is 0. The Morgan fingerprint density at radius 1 is 0.513 bits per heavy atom. The zero-order chi connectivity index (χ0) is 56.3. The van der Waals surface area contributed by atoms with Crippen LogP contribution >= 0.6 is 0 Å². The van der Waals surface area contributed by atoms with E-state index in [-0.39, 0.29) is 30.3 Å². The Hall–Kier alpha value is -1.55. The van der Waals surface area contributed by atoms with Gasteiger partial charge in [0.15, 0.2) is 24.6 Å². The summed E-state index contributed by atoms with van der Waals surface area (Å²) in [6.45, 7) is 10.7. The van der Waals surface area contributed by atoms with Gasteiger partial charge in [0.1, 0.15) is 30.5 Å². The van der Waals surface area contributed by atoms with Crippen molar-refractivity contribution in [1.29, 1.82) is 0 Å². The second kappa shape index (κ2) is 41.4. The predicted octanol–water partition coefficient (Wildman–Crippen LogP) is 10.4. The lowest BCUT2D eigenvalue weighted by Gasteiger charge is -2.46. The average Bonchev–Trinajstić information content (AvgIpc) is 3.37. The maximum atomic E-state index is 13.9. The Bertz CT molecular complexity index is 1570. The number of aliphatic hydroxyl groups excluding tert-OH is 6. The van der Waals surface area contributed by atoms with Gasteiger partial charge in [0.25, 0.3) is 0 Å². The highest BCUT2D eigenvalue weighted by Gasteiger charge is 2.54. The first-order chi connectivity index (χ1) is 36.4. The zero-order valence-corrected chi connectivity index (χ0v) is 48.8. The van der Waals surface area contributed by atoms with E-state index in [0.717, 1.165) is 64.2 Å². The fourth-order valence-electron chi connectivity index (χ4n) is 11.1. The Morgan fingerprint density at radius 2 is 0.921 bits per heavy atom. The molecule has 17 nitrogen and oxygen atoms in total. The summed E-state index contributed by atoms with van der Waals surface area (Å²) in [6.07, 6.45) is 17.6. The van der Waals surface area contributed by atoms with Crippen LogP contribution in [0.5, 0.6) is 0 Å². The highest BCUT2D eigenvalue weighted by Crippen LogP contribution is 2.34. The van der Waals surface area contributed by atoms with E-state index in [0.29, 0.717) is 12.8 Å². The van der Waals surface area contributed by atoms with Crippen molar-refractivity contribution in [3.8, 4) is 0 Å². The quantitative estimate of drug-likeness (QED) is 0.0170. The summed E-state index contributed by atoms with van der Waals surface area (Å²) in [7, 11) is -5.32. The molecule has 76 heavy (non-hydrogen) atoms. The van der Waals surface area contributed by atoms with Gasteiger partial charge in [0.05, 0.1) is 25.2 Å². The number of aliphatic hydroxyl groups is 6. The first-order valence-electron chi connectivity index (χ1n) is 30.3. The fraction of sp³-hybridized carbons (Fsp3) is 0.966. The molecule has 2 rings (SSSR count). The van der Waals surface area contributed by atoms with E-state index in [9.17, 15) is 53.2 Å². The molecule has 0 aliphatic carbocycles. The van der Waals surface area contributed by atoms with Gasteiger partial charge in [-0.2, -0.15) is 8.42 Å². The molecular weight excluding hydrogens is 1000 g/mol. The van der Waals surface area contributed by atoms with Gasteiger partial charge in [-0.15, -0.1) is 0 Å². The van der Waals surface area contributed by atoms with Crippen LogP contribution < -0.4 is 0 Å². The Kier molecular flexibility index (Phi) is 38.5. The summed E-state index contributed by atoms with van der Waals surface area (Å²) in [5.74, 6) is -1.80. The molecule has 2 aliphatic rings. The maximum Gasteiger partial charge on any atom is 0.397 e. The molecule has 2 heterocycles. The molecule has 0 bridgehead atoms. The average molecular weight is 1110 g/mol. The normalized spacial score (nSPS) is 26.2. The number of hydrogen-bond donors (Lipinski definition) is 7. The summed E-state index contributed by atoms with van der Waals surface area (Å²) in [5.41, 5.74) is 0. The third-order valence-electron chi connectivity index (χ3n) is 15.6. The third kappa shape index (κ3) is 29.8. The minimum atomic E-state index is -5.32. The van der Waals surface area contributed by atoms with E-state index in [4.69, 9.17) is 23.7 Å². The van der Waals surface area contributed by atoms with E-state index in [2.05, 4.69) is 31.9 Å². The number of esters is 2. The molecule has 2 aliphatic heterocycles. The molecule has 2 saturated heterocycles. The van der Waals surface area contributed by atoms with E-state index in [1.807, 2.05) is 6.92 Å². The van der Waals surface area contributed by atoms with Crippen molar-refractivity contribution in [2.75, 3.05) is 13.2 Å². The molecule has 450 valence electrons. The number of ether oxygens (including phenoxy) is 5. The highest BCUT2D eigenvalue weighted by atomic mass is 32.3. The SMILES string of the molecule is CCCCCCCCCCCCCCCCCC(O)C(C)CC(C)CC(C)CC(C)C(=O)OC1C(O)C(CO)OC(OC2OC(CO)C(O)C(O)C2OS(=O)(=O)O)C1OC(=O)CCCCCCCCCCCCCCC. The van der Waals surface area contributed by atoms with Crippen LogP contribution in [0.4, 0.5) is 0 Å². The number of hydrogen-bond acceptors (Lipinski definition) is 16. The molecule has 15 unspecified atom stereocenters. The van der Waals surface area contributed by atoms with Gasteiger partial charge < -0.3 is 54.3 Å². The first kappa shape index (κ1) is 70.6. The van der Waals surface area contributed by atoms with Crippen molar-refractivity contribution in [3.05, 3.63) is 0 Å². The van der Waals surface area contributed by atoms with Crippen LogP contribution in [0.1, 0.15) is 253 Å². The summed E-state index contributed by atoms with van der Waals surface area (Å²) in [4.78, 5) is 27.5. The molecule has 2 fully saturated rings. The van der Waals surface area contributed by atoms with Crippen LogP contribution in [0.3, 0.4) is 0 Å². The lowest BCUT2D eigenvalue weighted by molar-refractivity contribution is -0.374. The maximum absolute atomic E-state index is 13.9. The van der Waals surface area contributed by atoms with Crippen LogP contribution in [0.25, 0.3) is 0 Å². The molecule has 18 heteroatoms. The molecule has 0 radical (unpaired) electrons. The smallest absolute Gasteiger partial charge is 0.397 e. The van der Waals surface area contributed by atoms with Crippen molar-refractivity contribution in [2.24, 2.45) is 23.7 Å². The van der Waals surface area contributed by atoms with Crippen molar-refractivity contribution in [1.82, 2.24) is 0 Å². The summed E-state index contributed by atoms with van der Waals surface area (Å²) < 4.78 is 67.0. The largest absolute Gasteiger partial charge is 0.455 e. The number of carbonyl (C=O) groups is 2. The predicted molar refractivity (Wildman–Crippen MR) is 293 cm³/mol. The van der Waals surface area contributed by atoms with Crippen molar-refractivity contribution in [2.45, 2.75) is 321 Å². The Balaban J connectivity index is 2.01. The minimum absolute atomic E-state index is 0.0525. The lowest BCUT2D eigenvalue weighted by Crippen LogP contribution is -2.65. The van der Waals surface area contributed by atoms with Crippen LogP contribution in [0.2, 0.25) is 0 Å². The fourth-order valence-corrected chi connectivity index (χ4v) is 11.6. The van der Waals surface area contributed by atoms with Crippen LogP contribution in [-0.2, 0) is 47.9 Å². The Labute approximate surface area is 459 Å². The van der Waals surface area contributed by atoms with Gasteiger partial charge in [-0.3, -0.25) is 14.1 Å². The molecule has 0 amide bonds. The number of rotatable bonds is 46. The molecule has 0 saturated carbocycles. The van der Waals surface area contributed by atoms with Crippen LogP contribution in [-0.4, -0.2) is 136 Å². The van der Waals surface area contributed by atoms with E-state index in [1.54, 1.807) is 6.92 Å². The van der Waals surface area contributed by atoms with Crippen LogP contribution in [0.15, 0.2) is 0 Å². The molecule has 7 N–H and O–H groups in total. The summed E-state index contributed by atoms with van der Waals surface area (Å²) in [5, 5.41) is 64.1. The van der Waals surface area contributed by atoms with Gasteiger partial charge in [0, 0.05) is 6.42 Å². The van der Waals surface area contributed by atoms with Gasteiger partial charge in [-0.05, 0) is 49.9 Å². The highest BCUT2D eigenvalue weighted by molar-refractivity contribution is 7.80.